The summed E-state index contributed by atoms with van der Waals surface area (Å²) in [7, 11) is -3.24. The maximum absolute atomic E-state index is 11.8. The molecule has 1 aliphatic heterocycles. The lowest BCUT2D eigenvalue weighted by molar-refractivity contribution is 0.569. The Morgan fingerprint density at radius 2 is 1.97 bits per heavy atom. The summed E-state index contributed by atoms with van der Waals surface area (Å²) in [5.74, 6) is 0.540. The fraction of sp³-hybridized carbons (Fsp3) is 0.421. The number of hydrogen-bond acceptors (Lipinski definition) is 7. The molecule has 0 aromatic carbocycles. The summed E-state index contributed by atoms with van der Waals surface area (Å²) in [4.78, 5) is 17.3. The van der Waals surface area contributed by atoms with Crippen LogP contribution in [0.5, 0.6) is 0 Å². The molecule has 1 saturated heterocycles. The van der Waals surface area contributed by atoms with Gasteiger partial charge in [0.2, 0.25) is 5.95 Å². The van der Waals surface area contributed by atoms with E-state index in [1.807, 2.05) is 6.92 Å². The smallest absolute Gasteiger partial charge is 0.226 e. The van der Waals surface area contributed by atoms with Gasteiger partial charge in [0, 0.05) is 41.5 Å². The van der Waals surface area contributed by atoms with Crippen molar-refractivity contribution in [3.8, 4) is 11.3 Å². The first-order valence-corrected chi connectivity index (χ1v) is 13.3. The van der Waals surface area contributed by atoms with E-state index in [4.69, 9.17) is 21.6 Å². The lowest BCUT2D eigenvalue weighted by Gasteiger charge is -2.27. The van der Waals surface area contributed by atoms with Gasteiger partial charge in [0.05, 0.1) is 20.6 Å². The van der Waals surface area contributed by atoms with E-state index in [0.717, 1.165) is 56.8 Å². The van der Waals surface area contributed by atoms with Gasteiger partial charge in [0.15, 0.2) is 9.84 Å². The largest absolute Gasteiger partial charge is 0.341 e. The first kappa shape index (κ1) is 21.0. The van der Waals surface area contributed by atoms with Crippen LogP contribution >= 0.6 is 38.9 Å². The molecule has 154 valence electrons. The van der Waals surface area contributed by atoms with Gasteiger partial charge in [-0.3, -0.25) is 0 Å². The van der Waals surface area contributed by atoms with Crippen molar-refractivity contribution in [3.63, 3.8) is 0 Å². The molecule has 6 nitrogen and oxygen atoms in total. The van der Waals surface area contributed by atoms with Gasteiger partial charge in [0.25, 0.3) is 0 Å². The second-order valence-electron chi connectivity index (χ2n) is 7.31. The molecule has 1 aliphatic rings. The van der Waals surface area contributed by atoms with E-state index in [9.17, 15) is 8.42 Å². The Bertz CT molecular complexity index is 1190. The van der Waals surface area contributed by atoms with Crippen LogP contribution in [-0.2, 0) is 15.6 Å². The zero-order chi connectivity index (χ0) is 20.8. The third-order valence-electron chi connectivity index (χ3n) is 4.87. The predicted octanol–water partition coefficient (Wildman–Crippen LogP) is 5.01. The summed E-state index contributed by atoms with van der Waals surface area (Å²) in [6, 6.07) is 1.78. The molecule has 0 bridgehead atoms. The van der Waals surface area contributed by atoms with Crippen LogP contribution in [0.2, 0.25) is 5.15 Å². The minimum absolute atomic E-state index is 0.160. The van der Waals surface area contributed by atoms with E-state index < -0.39 is 9.84 Å². The van der Waals surface area contributed by atoms with Crippen molar-refractivity contribution in [3.05, 3.63) is 32.3 Å². The fourth-order valence-corrected chi connectivity index (χ4v) is 6.18. The second kappa shape index (κ2) is 8.09. The molecule has 0 radical (unpaired) electrons. The topological polar surface area (TPSA) is 76.1 Å². The number of nitrogens with zero attached hydrogens (tertiary/aromatic N) is 4. The number of anilines is 1. The molecule has 29 heavy (non-hydrogen) atoms. The molecule has 3 aromatic heterocycles. The quantitative estimate of drug-likeness (QED) is 0.455. The van der Waals surface area contributed by atoms with Gasteiger partial charge in [-0.25, -0.2) is 23.4 Å². The first-order chi connectivity index (χ1) is 13.7. The molecule has 0 saturated carbocycles. The minimum Gasteiger partial charge on any atom is -0.341 e. The normalized spacial score (nSPS) is 15.2. The standard InChI is InChI=1S/C19H20BrClN4O2S2/c1-11-14(20)16-17(28-11)15(23-19(24-16)25-6-4-3-5-7-25)12-8-13(10-29(2,26)27)18(21)22-9-12/h8-9H,3-7,10H2,1-2H3. The molecule has 0 amide bonds. The summed E-state index contributed by atoms with van der Waals surface area (Å²) in [6.45, 7) is 3.91. The van der Waals surface area contributed by atoms with E-state index in [1.54, 1.807) is 23.6 Å². The molecule has 4 rings (SSSR count). The van der Waals surface area contributed by atoms with Crippen molar-refractivity contribution in [2.75, 3.05) is 24.2 Å². The molecular formula is C19H20BrClN4O2S2. The van der Waals surface area contributed by atoms with Crippen molar-refractivity contribution >= 4 is 64.9 Å². The summed E-state index contributed by atoms with van der Waals surface area (Å²) in [6.07, 6.45) is 6.32. The SMILES string of the molecule is Cc1sc2c(-c3cnc(Cl)c(CS(C)(=O)=O)c3)nc(N3CCCCC3)nc2c1Br. The van der Waals surface area contributed by atoms with Crippen molar-refractivity contribution in [1.82, 2.24) is 15.0 Å². The van der Waals surface area contributed by atoms with Crippen molar-refractivity contribution in [1.29, 1.82) is 0 Å². The van der Waals surface area contributed by atoms with E-state index >= 15 is 0 Å². The van der Waals surface area contributed by atoms with E-state index in [-0.39, 0.29) is 10.9 Å². The zero-order valence-corrected chi connectivity index (χ0v) is 20.1. The molecule has 0 unspecified atom stereocenters. The van der Waals surface area contributed by atoms with Gasteiger partial charge in [-0.15, -0.1) is 11.3 Å². The van der Waals surface area contributed by atoms with Crippen LogP contribution in [0.15, 0.2) is 16.7 Å². The minimum atomic E-state index is -3.24. The Balaban J connectivity index is 1.90. The van der Waals surface area contributed by atoms with Crippen LogP contribution in [0, 0.1) is 6.92 Å². The van der Waals surface area contributed by atoms with Crippen LogP contribution in [-0.4, -0.2) is 42.7 Å². The molecule has 0 aliphatic carbocycles. The molecule has 0 atom stereocenters. The Kier molecular flexibility index (Phi) is 5.85. The molecule has 10 heteroatoms. The van der Waals surface area contributed by atoms with Crippen LogP contribution in [0.4, 0.5) is 5.95 Å². The number of piperidine rings is 1. The lowest BCUT2D eigenvalue weighted by atomic mass is 10.1. The lowest BCUT2D eigenvalue weighted by Crippen LogP contribution is -2.31. The van der Waals surface area contributed by atoms with Crippen LogP contribution in [0.3, 0.4) is 0 Å². The van der Waals surface area contributed by atoms with Crippen LogP contribution in [0.1, 0.15) is 29.7 Å². The van der Waals surface area contributed by atoms with E-state index in [0.29, 0.717) is 11.5 Å². The maximum atomic E-state index is 11.8. The monoisotopic (exact) mass is 514 g/mol. The number of aromatic nitrogens is 3. The molecule has 0 spiro atoms. The number of sulfone groups is 1. The summed E-state index contributed by atoms with van der Waals surface area (Å²) in [5, 5.41) is 0.198. The van der Waals surface area contributed by atoms with Gasteiger partial charge in [-0.05, 0) is 48.2 Å². The maximum Gasteiger partial charge on any atom is 0.226 e. The number of hydrogen-bond donors (Lipinski definition) is 0. The molecular weight excluding hydrogens is 496 g/mol. The average molecular weight is 516 g/mol. The fourth-order valence-electron chi connectivity index (χ4n) is 3.49. The van der Waals surface area contributed by atoms with Gasteiger partial charge >= 0.3 is 0 Å². The summed E-state index contributed by atoms with van der Waals surface area (Å²) < 4.78 is 25.5. The number of aryl methyl sites for hydroxylation is 1. The first-order valence-electron chi connectivity index (χ1n) is 9.27. The number of pyridine rings is 1. The summed E-state index contributed by atoms with van der Waals surface area (Å²) in [5.41, 5.74) is 2.85. The Hall–Kier alpha value is -1.29. The molecule has 3 aromatic rings. The number of fused-ring (bicyclic) bond motifs is 1. The second-order valence-corrected chi connectivity index (χ2v) is 11.8. The van der Waals surface area contributed by atoms with Gasteiger partial charge < -0.3 is 4.90 Å². The summed E-state index contributed by atoms with van der Waals surface area (Å²) >= 11 is 11.4. The number of rotatable bonds is 4. The zero-order valence-electron chi connectivity index (χ0n) is 16.1. The van der Waals surface area contributed by atoms with Crippen LogP contribution < -0.4 is 4.90 Å². The van der Waals surface area contributed by atoms with Crippen molar-refractivity contribution in [2.24, 2.45) is 0 Å². The highest BCUT2D eigenvalue weighted by Crippen LogP contribution is 2.40. The highest BCUT2D eigenvalue weighted by molar-refractivity contribution is 9.10. The Labute approximate surface area is 187 Å². The highest BCUT2D eigenvalue weighted by atomic mass is 79.9. The molecule has 0 N–H and O–H groups in total. The Morgan fingerprint density at radius 1 is 1.24 bits per heavy atom. The van der Waals surface area contributed by atoms with Gasteiger partial charge in [-0.1, -0.05) is 11.6 Å². The Morgan fingerprint density at radius 3 is 2.66 bits per heavy atom. The van der Waals surface area contributed by atoms with Crippen LogP contribution in [0.25, 0.3) is 21.5 Å². The average Bonchev–Trinajstić information content (AvgIpc) is 2.97. The van der Waals surface area contributed by atoms with Crippen molar-refractivity contribution < 1.29 is 8.42 Å². The molecule has 1 fully saturated rings. The van der Waals surface area contributed by atoms with Gasteiger partial charge in [-0.2, -0.15) is 0 Å². The number of halogens is 2. The third-order valence-corrected chi connectivity index (χ3v) is 8.38. The van der Waals surface area contributed by atoms with Crippen molar-refractivity contribution in [2.45, 2.75) is 31.9 Å². The molecule has 4 heterocycles. The van der Waals surface area contributed by atoms with Gasteiger partial charge in [0.1, 0.15) is 10.7 Å². The highest BCUT2D eigenvalue weighted by Gasteiger charge is 2.22. The van der Waals surface area contributed by atoms with E-state index in [2.05, 4.69) is 25.8 Å². The third kappa shape index (κ3) is 4.42. The van der Waals surface area contributed by atoms with E-state index in [1.165, 1.54) is 12.7 Å². The predicted molar refractivity (Wildman–Crippen MR) is 123 cm³/mol. The number of thiophene rings is 1.